The summed E-state index contributed by atoms with van der Waals surface area (Å²) in [7, 11) is 0. The average Bonchev–Trinajstić information content (AvgIpc) is 3.01. The Bertz CT molecular complexity index is 1120. The number of hydrogen-bond acceptors (Lipinski definition) is 2. The zero-order valence-electron chi connectivity index (χ0n) is 14.2. The van der Waals surface area contributed by atoms with E-state index in [4.69, 9.17) is 16.6 Å². The summed E-state index contributed by atoms with van der Waals surface area (Å²) >= 11 is 9.43. The average molecular weight is 441 g/mol. The summed E-state index contributed by atoms with van der Waals surface area (Å²) in [6.45, 7) is 0.158. The molecule has 0 saturated carbocycles. The van der Waals surface area contributed by atoms with Crippen molar-refractivity contribution >= 4 is 50.2 Å². The lowest BCUT2D eigenvalue weighted by Gasteiger charge is -2.10. The summed E-state index contributed by atoms with van der Waals surface area (Å²) in [5.41, 5.74) is 3.40. The van der Waals surface area contributed by atoms with Crippen LogP contribution in [0.3, 0.4) is 0 Å². The molecule has 0 bridgehead atoms. The Hall–Kier alpha value is -2.63. The second-order valence-corrected chi connectivity index (χ2v) is 7.43. The molecule has 1 N–H and O–H groups in total. The first kappa shape index (κ1) is 17.8. The van der Waals surface area contributed by atoms with Gasteiger partial charge in [-0.05, 0) is 54.6 Å². The number of fused-ring (bicyclic) bond motifs is 1. The Kier molecular flexibility index (Phi) is 4.97. The van der Waals surface area contributed by atoms with Crippen LogP contribution in [0.1, 0.15) is 0 Å². The van der Waals surface area contributed by atoms with Crippen LogP contribution in [0.2, 0.25) is 5.02 Å². The smallest absolute Gasteiger partial charge is 0.244 e. The normalized spacial score (nSPS) is 10.9. The lowest BCUT2D eigenvalue weighted by atomic mass is 10.2. The maximum Gasteiger partial charge on any atom is 0.244 e. The maximum absolute atomic E-state index is 12.7. The Balaban J connectivity index is 1.70. The molecule has 0 atom stereocenters. The molecule has 1 aromatic heterocycles. The van der Waals surface area contributed by atoms with Crippen LogP contribution in [0.4, 0.5) is 5.69 Å². The van der Waals surface area contributed by atoms with Crippen LogP contribution >= 0.6 is 27.5 Å². The molecule has 0 aliphatic rings. The van der Waals surface area contributed by atoms with Crippen LogP contribution in [0, 0.1) is 0 Å². The molecule has 3 aromatic carbocycles. The number of halogens is 2. The second kappa shape index (κ2) is 7.55. The quantitative estimate of drug-likeness (QED) is 0.439. The van der Waals surface area contributed by atoms with E-state index in [-0.39, 0.29) is 12.5 Å². The minimum Gasteiger partial charge on any atom is -0.324 e. The molecular formula is C21H15BrClN3O. The first-order valence-corrected chi connectivity index (χ1v) is 9.54. The summed E-state index contributed by atoms with van der Waals surface area (Å²) in [4.78, 5) is 17.4. The molecule has 0 unspecified atom stereocenters. The van der Waals surface area contributed by atoms with Crippen molar-refractivity contribution in [1.82, 2.24) is 9.55 Å². The molecule has 0 aliphatic carbocycles. The van der Waals surface area contributed by atoms with Gasteiger partial charge >= 0.3 is 0 Å². The fourth-order valence-corrected chi connectivity index (χ4v) is 3.49. The predicted octanol–water partition coefficient (Wildman–Crippen LogP) is 5.76. The van der Waals surface area contributed by atoms with E-state index in [2.05, 4.69) is 21.2 Å². The van der Waals surface area contributed by atoms with Gasteiger partial charge in [-0.2, -0.15) is 0 Å². The zero-order chi connectivity index (χ0) is 18.8. The molecule has 134 valence electrons. The van der Waals surface area contributed by atoms with Crippen molar-refractivity contribution in [2.75, 3.05) is 5.32 Å². The molecule has 0 spiro atoms. The van der Waals surface area contributed by atoms with E-state index in [1.807, 2.05) is 77.4 Å². The SMILES string of the molecule is O=C(Cn1c(-c2ccc(Cl)cc2)nc2ccccc21)Nc1cccc(Br)c1. The highest BCUT2D eigenvalue weighted by Crippen LogP contribution is 2.26. The Labute approximate surface area is 169 Å². The van der Waals surface area contributed by atoms with Crippen molar-refractivity contribution in [3.63, 3.8) is 0 Å². The van der Waals surface area contributed by atoms with Crippen molar-refractivity contribution in [1.29, 1.82) is 0 Å². The lowest BCUT2D eigenvalue weighted by molar-refractivity contribution is -0.116. The number of nitrogens with one attached hydrogen (secondary N) is 1. The number of carbonyl (C=O) groups is 1. The number of anilines is 1. The fourth-order valence-electron chi connectivity index (χ4n) is 2.97. The molecule has 6 heteroatoms. The highest BCUT2D eigenvalue weighted by molar-refractivity contribution is 9.10. The molecule has 4 nitrogen and oxygen atoms in total. The van der Waals surface area contributed by atoms with Gasteiger partial charge in [-0.3, -0.25) is 4.79 Å². The van der Waals surface area contributed by atoms with Crippen LogP contribution in [0.15, 0.2) is 77.3 Å². The third kappa shape index (κ3) is 3.89. The van der Waals surface area contributed by atoms with Crippen LogP contribution in [0.25, 0.3) is 22.4 Å². The van der Waals surface area contributed by atoms with E-state index in [0.717, 1.165) is 32.6 Å². The molecule has 27 heavy (non-hydrogen) atoms. The van der Waals surface area contributed by atoms with Gasteiger partial charge in [-0.1, -0.05) is 45.7 Å². The minimum atomic E-state index is -0.119. The largest absolute Gasteiger partial charge is 0.324 e. The number of hydrogen-bond donors (Lipinski definition) is 1. The summed E-state index contributed by atoms with van der Waals surface area (Å²) < 4.78 is 2.83. The lowest BCUT2D eigenvalue weighted by Crippen LogP contribution is -2.19. The zero-order valence-corrected chi connectivity index (χ0v) is 16.5. The highest BCUT2D eigenvalue weighted by Gasteiger charge is 2.15. The number of para-hydroxylation sites is 2. The van der Waals surface area contributed by atoms with E-state index >= 15 is 0 Å². The standard InChI is InChI=1S/C21H15BrClN3O/c22-15-4-3-5-17(12-15)24-20(27)13-26-19-7-2-1-6-18(19)25-21(26)14-8-10-16(23)11-9-14/h1-12H,13H2,(H,24,27). The number of aromatic nitrogens is 2. The molecule has 4 rings (SSSR count). The molecule has 1 heterocycles. The van der Waals surface area contributed by atoms with E-state index in [0.29, 0.717) is 5.02 Å². The molecule has 0 fully saturated rings. The monoisotopic (exact) mass is 439 g/mol. The van der Waals surface area contributed by atoms with Gasteiger partial charge in [-0.25, -0.2) is 4.98 Å². The summed E-state index contributed by atoms with van der Waals surface area (Å²) in [6, 6.07) is 22.8. The maximum atomic E-state index is 12.7. The number of amides is 1. The number of imidazole rings is 1. The minimum absolute atomic E-state index is 0.119. The molecule has 1 amide bonds. The van der Waals surface area contributed by atoms with Crippen LogP contribution in [-0.2, 0) is 11.3 Å². The van der Waals surface area contributed by atoms with Gasteiger partial charge in [0.25, 0.3) is 0 Å². The third-order valence-corrected chi connectivity index (χ3v) is 4.91. The van der Waals surface area contributed by atoms with Crippen molar-refractivity contribution < 1.29 is 4.79 Å². The number of rotatable bonds is 4. The number of carbonyl (C=O) groups excluding carboxylic acids is 1. The summed E-state index contributed by atoms with van der Waals surface area (Å²) in [5, 5.41) is 3.60. The summed E-state index contributed by atoms with van der Waals surface area (Å²) in [5.74, 6) is 0.615. The third-order valence-electron chi connectivity index (χ3n) is 4.17. The van der Waals surface area contributed by atoms with Crippen LogP contribution in [-0.4, -0.2) is 15.5 Å². The number of nitrogens with zero attached hydrogens (tertiary/aromatic N) is 2. The van der Waals surface area contributed by atoms with Gasteiger partial charge in [-0.15, -0.1) is 0 Å². The molecular weight excluding hydrogens is 426 g/mol. The first-order chi connectivity index (χ1) is 13.1. The van der Waals surface area contributed by atoms with Gasteiger partial charge in [0.05, 0.1) is 11.0 Å². The molecule has 0 saturated heterocycles. The molecule has 4 aromatic rings. The molecule has 0 aliphatic heterocycles. The van der Waals surface area contributed by atoms with Gasteiger partial charge in [0.15, 0.2) is 0 Å². The summed E-state index contributed by atoms with van der Waals surface area (Å²) in [6.07, 6.45) is 0. The van der Waals surface area contributed by atoms with Crippen molar-refractivity contribution in [2.24, 2.45) is 0 Å². The number of benzene rings is 3. The van der Waals surface area contributed by atoms with E-state index in [1.54, 1.807) is 0 Å². The topological polar surface area (TPSA) is 46.9 Å². The Morgan fingerprint density at radius 1 is 1.04 bits per heavy atom. The van der Waals surface area contributed by atoms with Crippen molar-refractivity contribution in [3.05, 3.63) is 82.3 Å². The Morgan fingerprint density at radius 2 is 1.81 bits per heavy atom. The van der Waals surface area contributed by atoms with Gasteiger partial charge in [0.1, 0.15) is 12.4 Å². The van der Waals surface area contributed by atoms with Crippen LogP contribution in [0.5, 0.6) is 0 Å². The van der Waals surface area contributed by atoms with Gasteiger partial charge in [0.2, 0.25) is 5.91 Å². The van der Waals surface area contributed by atoms with Crippen molar-refractivity contribution in [2.45, 2.75) is 6.54 Å². The first-order valence-electron chi connectivity index (χ1n) is 8.37. The van der Waals surface area contributed by atoms with Crippen molar-refractivity contribution in [3.8, 4) is 11.4 Å². The highest BCUT2D eigenvalue weighted by atomic mass is 79.9. The fraction of sp³-hybridized carbons (Fsp3) is 0.0476. The van der Waals surface area contributed by atoms with E-state index < -0.39 is 0 Å². The predicted molar refractivity (Wildman–Crippen MR) is 113 cm³/mol. The van der Waals surface area contributed by atoms with Gasteiger partial charge in [0, 0.05) is 20.7 Å². The molecule has 0 radical (unpaired) electrons. The Morgan fingerprint density at radius 3 is 2.59 bits per heavy atom. The van der Waals surface area contributed by atoms with Crippen LogP contribution < -0.4 is 5.32 Å². The van der Waals surface area contributed by atoms with Gasteiger partial charge < -0.3 is 9.88 Å². The van der Waals surface area contributed by atoms with E-state index in [9.17, 15) is 4.79 Å². The van der Waals surface area contributed by atoms with E-state index in [1.165, 1.54) is 0 Å². The second-order valence-electron chi connectivity index (χ2n) is 6.08.